The van der Waals surface area contributed by atoms with Gasteiger partial charge in [0, 0.05) is 71.1 Å². The zero-order valence-corrected chi connectivity index (χ0v) is 25.8. The maximum atomic E-state index is 16.9. The molecule has 8 nitrogen and oxygen atoms in total. The Balaban J connectivity index is 1.11. The molecule has 4 bridgehead atoms. The molecule has 0 spiro atoms. The first-order chi connectivity index (χ1) is 22.5. The molecule has 46 heavy (non-hydrogen) atoms. The number of rotatable bonds is 7. The minimum absolute atomic E-state index is 0.0447. The lowest BCUT2D eigenvalue weighted by Gasteiger charge is -2.37. The number of morpholine rings is 1. The minimum Gasteiger partial charge on any atom is -0.508 e. The molecule has 4 aromatic rings. The van der Waals surface area contributed by atoms with E-state index in [2.05, 4.69) is 21.0 Å². The van der Waals surface area contributed by atoms with Crippen molar-refractivity contribution in [1.29, 1.82) is 0 Å². The molecular formula is C37H38FN5O3. The van der Waals surface area contributed by atoms with Crippen LogP contribution in [-0.2, 0) is 4.74 Å². The highest BCUT2D eigenvalue weighted by molar-refractivity contribution is 6.04. The van der Waals surface area contributed by atoms with Crippen LogP contribution in [0, 0.1) is 23.6 Å². The average Bonchev–Trinajstić information content (AvgIpc) is 3.71. The molecule has 4 atom stereocenters. The molecule has 4 aliphatic heterocycles. The second-order valence-corrected chi connectivity index (χ2v) is 14.1. The van der Waals surface area contributed by atoms with Crippen molar-refractivity contribution < 1.29 is 19.0 Å². The van der Waals surface area contributed by atoms with Crippen LogP contribution < -0.4 is 15.0 Å². The number of hydrogen-bond acceptors (Lipinski definition) is 8. The normalized spacial score (nSPS) is 26.5. The summed E-state index contributed by atoms with van der Waals surface area (Å²) in [4.78, 5) is 14.6. The standard InChI is InChI=1S/C37H38FN5O3/c1-2-22-4-3-5-23-14-28(44)15-31(32(22)23)29-10-11-30-34(33(29)38)40-36(41-35(30)42-16-24-6-7-25(17-42)39-24)46-21-37(12-13-37)20-43-26-8-9-27(43)19-45-18-26/h1,3-5,10-11,14-15,24-27,39,44H,6-9,12-13,16-21H2. The topological polar surface area (TPSA) is 83.0 Å². The molecule has 1 aromatic heterocycles. The summed E-state index contributed by atoms with van der Waals surface area (Å²) in [6.07, 6.45) is 12.7. The number of aromatic nitrogens is 2. The first-order valence-corrected chi connectivity index (χ1v) is 16.7. The summed E-state index contributed by atoms with van der Waals surface area (Å²) in [5.41, 5.74) is 1.78. The number of phenols is 1. The van der Waals surface area contributed by atoms with Gasteiger partial charge in [0.25, 0.3) is 0 Å². The predicted octanol–water partition coefficient (Wildman–Crippen LogP) is 5.24. The van der Waals surface area contributed by atoms with E-state index < -0.39 is 5.82 Å². The van der Waals surface area contributed by atoms with E-state index in [4.69, 9.17) is 25.9 Å². The van der Waals surface area contributed by atoms with Gasteiger partial charge < -0.3 is 24.8 Å². The van der Waals surface area contributed by atoms with Crippen molar-refractivity contribution >= 4 is 27.5 Å². The van der Waals surface area contributed by atoms with Gasteiger partial charge in [0.1, 0.15) is 17.1 Å². The third-order valence-electron chi connectivity index (χ3n) is 11.1. The number of piperazine rings is 1. The summed E-state index contributed by atoms with van der Waals surface area (Å²) >= 11 is 0. The number of anilines is 1. The van der Waals surface area contributed by atoms with Gasteiger partial charge in [-0.25, -0.2) is 4.39 Å². The van der Waals surface area contributed by atoms with Crippen molar-refractivity contribution in [3.8, 4) is 35.2 Å². The van der Waals surface area contributed by atoms with Crippen molar-refractivity contribution in [1.82, 2.24) is 20.2 Å². The Labute approximate surface area is 267 Å². The van der Waals surface area contributed by atoms with E-state index in [1.54, 1.807) is 18.2 Å². The number of hydrogen-bond donors (Lipinski definition) is 2. The smallest absolute Gasteiger partial charge is 0.319 e. The molecule has 0 amide bonds. The molecule has 3 aromatic carbocycles. The molecule has 1 saturated carbocycles. The van der Waals surface area contributed by atoms with Gasteiger partial charge in [-0.05, 0) is 73.7 Å². The highest BCUT2D eigenvalue weighted by Gasteiger charge is 2.49. The number of phenolic OH excluding ortho intramolecular Hbond substituents is 1. The zero-order chi connectivity index (χ0) is 31.0. The summed E-state index contributed by atoms with van der Waals surface area (Å²) in [7, 11) is 0. The highest BCUT2D eigenvalue weighted by atomic mass is 19.1. The molecule has 5 fully saturated rings. The fraction of sp³-hybridized carbons (Fsp3) is 0.459. The maximum Gasteiger partial charge on any atom is 0.319 e. The summed E-state index contributed by atoms with van der Waals surface area (Å²) in [5.74, 6) is 3.01. The first kappa shape index (κ1) is 28.3. The summed E-state index contributed by atoms with van der Waals surface area (Å²) in [5, 5.41) is 16.4. The molecule has 4 saturated heterocycles. The minimum atomic E-state index is -0.478. The second kappa shape index (κ2) is 10.8. The number of fused-ring (bicyclic) bond motifs is 6. The largest absolute Gasteiger partial charge is 0.508 e. The Hall–Kier alpha value is -3.97. The number of benzene rings is 3. The molecule has 1 aliphatic carbocycles. The SMILES string of the molecule is C#Cc1cccc2cc(O)cc(-c3ccc4c(N5CC6CCC(C5)N6)nc(OCC5(CN6C7CCC6COC7)CC5)nc4c3F)c12. The lowest BCUT2D eigenvalue weighted by molar-refractivity contribution is -0.0271. The molecule has 5 aliphatic rings. The Morgan fingerprint density at radius 2 is 1.80 bits per heavy atom. The van der Waals surface area contributed by atoms with E-state index in [1.165, 1.54) is 12.8 Å². The molecule has 0 radical (unpaired) electrons. The van der Waals surface area contributed by atoms with Gasteiger partial charge in [0.15, 0.2) is 5.82 Å². The lowest BCUT2D eigenvalue weighted by Crippen LogP contribution is -2.51. The molecular weight excluding hydrogens is 581 g/mol. The van der Waals surface area contributed by atoms with Gasteiger partial charge in [-0.15, -0.1) is 6.42 Å². The van der Waals surface area contributed by atoms with E-state index in [0.717, 1.165) is 69.3 Å². The van der Waals surface area contributed by atoms with Crippen LogP contribution in [0.25, 0.3) is 32.8 Å². The number of aromatic hydroxyl groups is 1. The molecule has 236 valence electrons. The van der Waals surface area contributed by atoms with Gasteiger partial charge >= 0.3 is 6.01 Å². The van der Waals surface area contributed by atoms with Crippen LogP contribution in [0.5, 0.6) is 11.8 Å². The monoisotopic (exact) mass is 619 g/mol. The second-order valence-electron chi connectivity index (χ2n) is 14.1. The number of nitrogens with zero attached hydrogens (tertiary/aromatic N) is 4. The van der Waals surface area contributed by atoms with Gasteiger partial charge in [0.05, 0.1) is 19.8 Å². The third-order valence-corrected chi connectivity index (χ3v) is 11.1. The van der Waals surface area contributed by atoms with Crippen molar-refractivity contribution in [3.63, 3.8) is 0 Å². The van der Waals surface area contributed by atoms with Crippen molar-refractivity contribution in [2.45, 2.75) is 62.7 Å². The van der Waals surface area contributed by atoms with Crippen LogP contribution >= 0.6 is 0 Å². The highest BCUT2D eigenvalue weighted by Crippen LogP contribution is 2.49. The Morgan fingerprint density at radius 3 is 2.54 bits per heavy atom. The van der Waals surface area contributed by atoms with Crippen LogP contribution in [-0.4, -0.2) is 83.6 Å². The predicted molar refractivity (Wildman–Crippen MR) is 176 cm³/mol. The number of nitrogens with one attached hydrogen (secondary N) is 1. The van der Waals surface area contributed by atoms with Crippen LogP contribution in [0.15, 0.2) is 42.5 Å². The van der Waals surface area contributed by atoms with Crippen LogP contribution in [0.4, 0.5) is 10.2 Å². The van der Waals surface area contributed by atoms with Gasteiger partial charge in [-0.2, -0.15) is 9.97 Å². The number of terminal acetylenes is 1. The zero-order valence-electron chi connectivity index (χ0n) is 25.8. The fourth-order valence-corrected chi connectivity index (χ4v) is 8.45. The number of halogens is 1. The maximum absolute atomic E-state index is 16.9. The van der Waals surface area contributed by atoms with Crippen LogP contribution in [0.2, 0.25) is 0 Å². The fourth-order valence-electron chi connectivity index (χ4n) is 8.45. The summed E-state index contributed by atoms with van der Waals surface area (Å²) in [6.45, 7) is 4.74. The van der Waals surface area contributed by atoms with E-state index in [1.807, 2.05) is 24.3 Å². The lowest BCUT2D eigenvalue weighted by atomic mass is 9.93. The van der Waals surface area contributed by atoms with E-state index in [-0.39, 0.29) is 22.7 Å². The van der Waals surface area contributed by atoms with Crippen LogP contribution in [0.3, 0.4) is 0 Å². The molecule has 4 unspecified atom stereocenters. The van der Waals surface area contributed by atoms with Gasteiger partial charge in [0.2, 0.25) is 0 Å². The molecule has 5 heterocycles. The molecule has 2 N–H and O–H groups in total. The summed E-state index contributed by atoms with van der Waals surface area (Å²) in [6, 6.07) is 14.4. The van der Waals surface area contributed by atoms with Gasteiger partial charge in [-0.3, -0.25) is 4.90 Å². The average molecular weight is 620 g/mol. The van der Waals surface area contributed by atoms with Crippen molar-refractivity contribution in [2.75, 3.05) is 44.4 Å². The quantitative estimate of drug-likeness (QED) is 0.272. The Morgan fingerprint density at radius 1 is 1.02 bits per heavy atom. The van der Waals surface area contributed by atoms with Crippen molar-refractivity contribution in [2.24, 2.45) is 5.41 Å². The first-order valence-electron chi connectivity index (χ1n) is 16.7. The number of ether oxygens (including phenoxy) is 2. The van der Waals surface area contributed by atoms with E-state index >= 15 is 4.39 Å². The Bertz CT molecular complexity index is 1880. The van der Waals surface area contributed by atoms with E-state index in [9.17, 15) is 5.11 Å². The molecule has 9 heteroatoms. The van der Waals surface area contributed by atoms with Crippen LogP contribution in [0.1, 0.15) is 44.1 Å². The third kappa shape index (κ3) is 4.77. The van der Waals surface area contributed by atoms with Gasteiger partial charge in [-0.1, -0.05) is 24.1 Å². The van der Waals surface area contributed by atoms with E-state index in [0.29, 0.717) is 58.7 Å². The molecule has 9 rings (SSSR count). The Kier molecular flexibility index (Phi) is 6.64. The summed E-state index contributed by atoms with van der Waals surface area (Å²) < 4.78 is 29.2. The van der Waals surface area contributed by atoms with Crippen molar-refractivity contribution in [3.05, 3.63) is 53.8 Å².